The molecule has 0 saturated heterocycles. The number of hydrogen-bond donors (Lipinski definition) is 3. The predicted molar refractivity (Wildman–Crippen MR) is 151 cm³/mol. The van der Waals surface area contributed by atoms with Gasteiger partial charge < -0.3 is 20.3 Å². The number of nitrogens with one attached hydrogen (secondary N) is 3. The molecule has 1 aliphatic heterocycles. The lowest BCUT2D eigenvalue weighted by Crippen LogP contribution is -2.58. The first-order valence-electron chi connectivity index (χ1n) is 14.2. The molecule has 1 heterocycles. The molecule has 2 aromatic rings. The minimum absolute atomic E-state index is 0.113. The zero-order valence-corrected chi connectivity index (χ0v) is 23.8. The van der Waals surface area contributed by atoms with Crippen molar-refractivity contribution in [3.8, 4) is 5.75 Å². The molecule has 0 unspecified atom stereocenters. The molecular formula is C31H41FN4O4. The van der Waals surface area contributed by atoms with E-state index in [2.05, 4.69) is 16.0 Å². The Balaban J connectivity index is 1.59. The van der Waals surface area contributed by atoms with E-state index in [9.17, 15) is 18.8 Å². The molecule has 40 heavy (non-hydrogen) atoms. The monoisotopic (exact) mass is 552 g/mol. The Hall–Kier alpha value is -3.46. The fourth-order valence-electron chi connectivity index (χ4n) is 4.94. The van der Waals surface area contributed by atoms with Crippen LogP contribution < -0.4 is 20.7 Å². The highest BCUT2D eigenvalue weighted by Crippen LogP contribution is 2.34. The third-order valence-electron chi connectivity index (χ3n) is 8.01. The largest absolute Gasteiger partial charge is 0.489 e. The van der Waals surface area contributed by atoms with Gasteiger partial charge in [0, 0.05) is 26.1 Å². The predicted octanol–water partition coefficient (Wildman–Crippen LogP) is 2.99. The van der Waals surface area contributed by atoms with Crippen LogP contribution >= 0.6 is 0 Å². The standard InChI is InChI=1S/C31H41FN4O4/c1-19-21(3)40-27-10-6-5-8-23(27)9-7-17-33-30(38)26(18-22-11-15-25(32)16-12-22)35-29(37)20(2)36(4)31(39)28(34-19)24-13-14-24/h5-6,8,10-12,15-16,19-21,24,26,28,34H,7,9,13-14,17-18H2,1-4H3,(H,33,38)(H,35,37)/t19-,20-,21-,26-,28+/m1/s1. The number of para-hydroxylation sites is 1. The molecule has 1 fully saturated rings. The molecule has 3 N–H and O–H groups in total. The highest BCUT2D eigenvalue weighted by molar-refractivity contribution is 5.93. The number of halogens is 1. The van der Waals surface area contributed by atoms with Gasteiger partial charge in [-0.1, -0.05) is 30.3 Å². The maximum Gasteiger partial charge on any atom is 0.243 e. The number of amides is 3. The summed E-state index contributed by atoms with van der Waals surface area (Å²) < 4.78 is 19.8. The Morgan fingerprint density at radius 1 is 0.975 bits per heavy atom. The molecular weight excluding hydrogens is 511 g/mol. The molecule has 0 radical (unpaired) electrons. The Morgan fingerprint density at radius 2 is 1.68 bits per heavy atom. The first-order valence-corrected chi connectivity index (χ1v) is 14.2. The van der Waals surface area contributed by atoms with Crippen LogP contribution in [-0.2, 0) is 27.2 Å². The third-order valence-corrected chi connectivity index (χ3v) is 8.01. The number of hydrogen-bond acceptors (Lipinski definition) is 5. The maximum absolute atomic E-state index is 13.6. The van der Waals surface area contributed by atoms with Crippen molar-refractivity contribution in [2.24, 2.45) is 5.92 Å². The topological polar surface area (TPSA) is 99.8 Å². The van der Waals surface area contributed by atoms with Gasteiger partial charge in [0.2, 0.25) is 17.7 Å². The fourth-order valence-corrected chi connectivity index (χ4v) is 4.94. The highest BCUT2D eigenvalue weighted by atomic mass is 19.1. The third kappa shape index (κ3) is 7.59. The van der Waals surface area contributed by atoms with E-state index in [0.717, 1.165) is 24.2 Å². The van der Waals surface area contributed by atoms with Crippen LogP contribution in [-0.4, -0.2) is 66.5 Å². The molecule has 1 aliphatic carbocycles. The summed E-state index contributed by atoms with van der Waals surface area (Å²) in [4.78, 5) is 41.6. The molecule has 5 atom stereocenters. The molecule has 9 heteroatoms. The first-order chi connectivity index (χ1) is 19.1. The zero-order chi connectivity index (χ0) is 28.8. The number of likely N-dealkylation sites (N-methyl/N-ethyl adjacent to an activating group) is 1. The number of nitrogens with zero attached hydrogens (tertiary/aromatic N) is 1. The van der Waals surface area contributed by atoms with E-state index in [1.54, 1.807) is 26.1 Å². The van der Waals surface area contributed by atoms with Gasteiger partial charge in [0.05, 0.1) is 6.04 Å². The quantitative estimate of drug-likeness (QED) is 0.544. The Bertz CT molecular complexity index is 1190. The molecule has 4 rings (SSSR count). The van der Waals surface area contributed by atoms with E-state index in [4.69, 9.17) is 4.74 Å². The Labute approximate surface area is 236 Å². The van der Waals surface area contributed by atoms with Crippen LogP contribution in [0.5, 0.6) is 5.75 Å². The van der Waals surface area contributed by atoms with Gasteiger partial charge in [0.1, 0.15) is 29.8 Å². The van der Waals surface area contributed by atoms with E-state index in [1.807, 2.05) is 38.1 Å². The van der Waals surface area contributed by atoms with Crippen molar-refractivity contribution in [2.45, 2.75) is 83.1 Å². The van der Waals surface area contributed by atoms with Crippen molar-refractivity contribution in [1.82, 2.24) is 20.9 Å². The summed E-state index contributed by atoms with van der Waals surface area (Å²) in [5.74, 6) is -0.294. The molecule has 216 valence electrons. The van der Waals surface area contributed by atoms with E-state index in [-0.39, 0.29) is 42.1 Å². The normalized spacial score (nSPS) is 27.5. The molecule has 1 saturated carbocycles. The lowest BCUT2D eigenvalue weighted by molar-refractivity contribution is -0.141. The van der Waals surface area contributed by atoms with Crippen molar-refractivity contribution in [3.63, 3.8) is 0 Å². The van der Waals surface area contributed by atoms with Gasteiger partial charge in [-0.05, 0) is 81.7 Å². The Kier molecular flexibility index (Phi) is 9.79. The lowest BCUT2D eigenvalue weighted by atomic mass is 10.0. The maximum atomic E-state index is 13.6. The molecule has 0 bridgehead atoms. The number of rotatable bonds is 3. The lowest BCUT2D eigenvalue weighted by Gasteiger charge is -2.33. The summed E-state index contributed by atoms with van der Waals surface area (Å²) in [7, 11) is 1.62. The van der Waals surface area contributed by atoms with Crippen LogP contribution in [0, 0.1) is 11.7 Å². The van der Waals surface area contributed by atoms with Crippen LogP contribution in [0.1, 0.15) is 51.2 Å². The number of benzene rings is 2. The smallest absolute Gasteiger partial charge is 0.243 e. The van der Waals surface area contributed by atoms with Crippen molar-refractivity contribution >= 4 is 17.7 Å². The van der Waals surface area contributed by atoms with Gasteiger partial charge in [-0.15, -0.1) is 0 Å². The second-order valence-electron chi connectivity index (χ2n) is 11.1. The summed E-state index contributed by atoms with van der Waals surface area (Å²) in [5.41, 5.74) is 1.75. The minimum atomic E-state index is -0.878. The van der Waals surface area contributed by atoms with Gasteiger partial charge in [0.25, 0.3) is 0 Å². The van der Waals surface area contributed by atoms with Crippen LogP contribution in [0.25, 0.3) is 0 Å². The average molecular weight is 553 g/mol. The summed E-state index contributed by atoms with van der Waals surface area (Å²) in [6.07, 6.45) is 3.27. The van der Waals surface area contributed by atoms with Gasteiger partial charge in [0.15, 0.2) is 0 Å². The Morgan fingerprint density at radius 3 is 2.38 bits per heavy atom. The number of carbonyl (C=O) groups excluding carboxylic acids is 3. The van der Waals surface area contributed by atoms with E-state index >= 15 is 0 Å². The van der Waals surface area contributed by atoms with Gasteiger partial charge in [-0.2, -0.15) is 0 Å². The van der Waals surface area contributed by atoms with E-state index in [1.165, 1.54) is 17.0 Å². The summed E-state index contributed by atoms with van der Waals surface area (Å²) >= 11 is 0. The molecule has 2 aromatic carbocycles. The van der Waals surface area contributed by atoms with E-state index in [0.29, 0.717) is 24.9 Å². The van der Waals surface area contributed by atoms with Crippen LogP contribution in [0.2, 0.25) is 0 Å². The molecule has 0 spiro atoms. The second kappa shape index (κ2) is 13.3. The second-order valence-corrected chi connectivity index (χ2v) is 11.1. The van der Waals surface area contributed by atoms with Crippen molar-refractivity contribution in [2.75, 3.05) is 13.6 Å². The number of aryl methyl sites for hydroxylation is 1. The van der Waals surface area contributed by atoms with Crippen molar-refractivity contribution in [3.05, 3.63) is 65.5 Å². The van der Waals surface area contributed by atoms with Crippen molar-refractivity contribution in [1.29, 1.82) is 0 Å². The summed E-state index contributed by atoms with van der Waals surface area (Å²) in [5, 5.41) is 9.28. The average Bonchev–Trinajstić information content (AvgIpc) is 3.79. The summed E-state index contributed by atoms with van der Waals surface area (Å²) in [6.45, 7) is 6.07. The SMILES string of the molecule is C[C@@H]1C(=O)N[C@H](Cc2ccc(F)cc2)C(=O)NCCCc2ccccc2O[C@H](C)[C@@H](C)N[C@@H](C2CC2)C(=O)N1C. The zero-order valence-electron chi connectivity index (χ0n) is 23.8. The van der Waals surface area contributed by atoms with Crippen molar-refractivity contribution < 1.29 is 23.5 Å². The molecule has 8 nitrogen and oxygen atoms in total. The van der Waals surface area contributed by atoms with Gasteiger partial charge in [-0.25, -0.2) is 4.39 Å². The molecule has 0 aromatic heterocycles. The summed E-state index contributed by atoms with van der Waals surface area (Å²) in [6, 6.07) is 11.5. The van der Waals surface area contributed by atoms with E-state index < -0.39 is 24.0 Å². The first kappa shape index (κ1) is 29.5. The minimum Gasteiger partial charge on any atom is -0.489 e. The molecule has 3 amide bonds. The highest BCUT2D eigenvalue weighted by Gasteiger charge is 2.41. The number of ether oxygens (including phenoxy) is 1. The fraction of sp³-hybridized carbons (Fsp3) is 0.516. The van der Waals surface area contributed by atoms with Crippen LogP contribution in [0.15, 0.2) is 48.5 Å². The molecule has 2 aliphatic rings. The van der Waals surface area contributed by atoms with Gasteiger partial charge >= 0.3 is 0 Å². The number of fused-ring (bicyclic) bond motifs is 1. The number of carbonyl (C=O) groups is 3. The van der Waals surface area contributed by atoms with Crippen LogP contribution in [0.4, 0.5) is 4.39 Å². The van der Waals surface area contributed by atoms with Crippen LogP contribution in [0.3, 0.4) is 0 Å². The van der Waals surface area contributed by atoms with Gasteiger partial charge in [-0.3, -0.25) is 19.7 Å².